The van der Waals surface area contributed by atoms with Gasteiger partial charge in [-0.05, 0) is 6.42 Å². The number of H-pyrrole nitrogens is 1. The molecule has 0 radical (unpaired) electrons. The number of aromatic nitrogens is 4. The summed E-state index contributed by atoms with van der Waals surface area (Å²) in [5.74, 6) is 1.85. The lowest BCUT2D eigenvalue weighted by Crippen LogP contribution is -2.04. The molecule has 2 heterocycles. The van der Waals surface area contributed by atoms with E-state index in [1.807, 2.05) is 67.0 Å². The summed E-state index contributed by atoms with van der Waals surface area (Å²) >= 11 is 4.91. The molecule has 2 aromatic heterocycles. The molecule has 1 N–H and O–H groups in total. The molecule has 5 aromatic rings. The third-order valence-corrected chi connectivity index (χ3v) is 6.04. The Hall–Kier alpha value is -3.57. The van der Waals surface area contributed by atoms with E-state index in [2.05, 4.69) is 50.9 Å². The first-order valence-electron chi connectivity index (χ1n) is 10.7. The SMILES string of the molecule is SC(CCn1ccnc1-c1ccccc1)c1nc(-c2ccccc2)c(-c2ccccc2)[nH]1. The van der Waals surface area contributed by atoms with E-state index in [4.69, 9.17) is 17.6 Å². The molecule has 0 saturated carbocycles. The number of thiol groups is 1. The Bertz CT molecular complexity index is 1220. The van der Waals surface area contributed by atoms with Crippen LogP contribution in [-0.2, 0) is 6.54 Å². The lowest BCUT2D eigenvalue weighted by atomic mass is 10.1. The number of imidazole rings is 2. The van der Waals surface area contributed by atoms with Crippen LogP contribution >= 0.6 is 12.6 Å². The standard InChI is InChI=1S/C27H24N4S/c32-23(16-18-31-19-17-28-27(31)22-14-8-3-9-15-22)26-29-24(20-10-4-1-5-11-20)25(30-26)21-12-6-2-7-13-21/h1-15,17,19,23,32H,16,18H2,(H,29,30). The molecule has 32 heavy (non-hydrogen) atoms. The second-order valence-corrected chi connectivity index (χ2v) is 8.32. The van der Waals surface area contributed by atoms with Crippen LogP contribution in [0.4, 0.5) is 0 Å². The topological polar surface area (TPSA) is 46.5 Å². The Labute approximate surface area is 193 Å². The molecule has 0 aliphatic carbocycles. The van der Waals surface area contributed by atoms with Crippen LogP contribution in [0.5, 0.6) is 0 Å². The summed E-state index contributed by atoms with van der Waals surface area (Å²) in [5, 5.41) is -0.0269. The van der Waals surface area contributed by atoms with Crippen molar-refractivity contribution >= 4 is 12.6 Å². The summed E-state index contributed by atoms with van der Waals surface area (Å²) in [6.45, 7) is 0.806. The van der Waals surface area contributed by atoms with Crippen molar-refractivity contribution in [3.8, 4) is 33.9 Å². The maximum absolute atomic E-state index is 4.98. The van der Waals surface area contributed by atoms with Gasteiger partial charge in [-0.15, -0.1) is 0 Å². The number of hydrogen-bond donors (Lipinski definition) is 2. The molecule has 0 spiro atoms. The molecule has 5 heteroatoms. The Morgan fingerprint density at radius 1 is 0.781 bits per heavy atom. The van der Waals surface area contributed by atoms with E-state index < -0.39 is 0 Å². The van der Waals surface area contributed by atoms with Gasteiger partial charge < -0.3 is 9.55 Å². The molecule has 0 aliphatic heterocycles. The van der Waals surface area contributed by atoms with E-state index in [0.29, 0.717) is 0 Å². The number of nitrogens with zero attached hydrogens (tertiary/aromatic N) is 3. The van der Waals surface area contributed by atoms with Crippen molar-refractivity contribution in [2.24, 2.45) is 0 Å². The van der Waals surface area contributed by atoms with Gasteiger partial charge in [0.05, 0.1) is 16.6 Å². The minimum absolute atomic E-state index is 0.0269. The molecule has 1 atom stereocenters. The van der Waals surface area contributed by atoms with Gasteiger partial charge in [-0.3, -0.25) is 0 Å². The lowest BCUT2D eigenvalue weighted by Gasteiger charge is -2.11. The maximum atomic E-state index is 4.98. The Morgan fingerprint density at radius 3 is 2.03 bits per heavy atom. The van der Waals surface area contributed by atoms with Gasteiger partial charge in [0.1, 0.15) is 11.6 Å². The molecule has 5 rings (SSSR count). The van der Waals surface area contributed by atoms with E-state index in [1.165, 1.54) is 0 Å². The van der Waals surface area contributed by atoms with Crippen LogP contribution in [0, 0.1) is 0 Å². The van der Waals surface area contributed by atoms with Crippen LogP contribution in [0.3, 0.4) is 0 Å². The molecule has 0 bridgehead atoms. The molecule has 0 saturated heterocycles. The fraction of sp³-hybridized carbons (Fsp3) is 0.111. The minimum Gasteiger partial charge on any atom is -0.341 e. The van der Waals surface area contributed by atoms with Gasteiger partial charge >= 0.3 is 0 Å². The number of rotatable bonds is 7. The van der Waals surface area contributed by atoms with Crippen LogP contribution in [0.1, 0.15) is 17.5 Å². The first-order valence-corrected chi connectivity index (χ1v) is 11.3. The van der Waals surface area contributed by atoms with Gasteiger partial charge in [0.25, 0.3) is 0 Å². The molecular formula is C27H24N4S. The Kier molecular flexibility index (Phi) is 5.90. The maximum Gasteiger partial charge on any atom is 0.139 e. The fourth-order valence-corrected chi connectivity index (χ4v) is 4.14. The van der Waals surface area contributed by atoms with Gasteiger partial charge in [0, 0.05) is 35.6 Å². The first-order chi connectivity index (χ1) is 15.8. The number of aryl methyl sites for hydroxylation is 1. The van der Waals surface area contributed by atoms with Crippen molar-refractivity contribution in [2.45, 2.75) is 18.2 Å². The third-order valence-electron chi connectivity index (χ3n) is 5.54. The van der Waals surface area contributed by atoms with Gasteiger partial charge in [-0.2, -0.15) is 12.6 Å². The fourth-order valence-electron chi connectivity index (χ4n) is 3.90. The average molecular weight is 437 g/mol. The smallest absolute Gasteiger partial charge is 0.139 e. The highest BCUT2D eigenvalue weighted by atomic mass is 32.1. The highest BCUT2D eigenvalue weighted by Gasteiger charge is 2.18. The van der Waals surface area contributed by atoms with Gasteiger partial charge in [0.2, 0.25) is 0 Å². The molecule has 4 nitrogen and oxygen atoms in total. The van der Waals surface area contributed by atoms with E-state index >= 15 is 0 Å². The summed E-state index contributed by atoms with van der Waals surface area (Å²) < 4.78 is 2.18. The summed E-state index contributed by atoms with van der Waals surface area (Å²) in [5.41, 5.74) is 5.31. The number of nitrogens with one attached hydrogen (secondary N) is 1. The second-order valence-electron chi connectivity index (χ2n) is 7.69. The van der Waals surface area contributed by atoms with E-state index in [-0.39, 0.29) is 5.25 Å². The largest absolute Gasteiger partial charge is 0.341 e. The van der Waals surface area contributed by atoms with Crippen LogP contribution in [0.2, 0.25) is 0 Å². The van der Waals surface area contributed by atoms with E-state index in [0.717, 1.165) is 52.7 Å². The number of benzene rings is 3. The van der Waals surface area contributed by atoms with Gasteiger partial charge in [-0.1, -0.05) is 91.0 Å². The molecule has 3 aromatic carbocycles. The molecular weight excluding hydrogens is 412 g/mol. The first kappa shape index (κ1) is 20.3. The normalized spacial score (nSPS) is 12.0. The zero-order chi connectivity index (χ0) is 21.8. The number of aromatic amines is 1. The predicted octanol–water partition coefficient (Wildman–Crippen LogP) is 6.67. The van der Waals surface area contributed by atoms with Crippen LogP contribution in [0.15, 0.2) is 103 Å². The van der Waals surface area contributed by atoms with E-state index in [1.54, 1.807) is 0 Å². The van der Waals surface area contributed by atoms with E-state index in [9.17, 15) is 0 Å². The summed E-state index contributed by atoms with van der Waals surface area (Å²) in [7, 11) is 0. The lowest BCUT2D eigenvalue weighted by molar-refractivity contribution is 0.630. The molecule has 158 valence electrons. The van der Waals surface area contributed by atoms with Crippen LogP contribution in [0.25, 0.3) is 33.9 Å². The average Bonchev–Trinajstić information content (AvgIpc) is 3.52. The Morgan fingerprint density at radius 2 is 1.38 bits per heavy atom. The van der Waals surface area contributed by atoms with Gasteiger partial charge in [0.15, 0.2) is 0 Å². The van der Waals surface area contributed by atoms with Crippen molar-refractivity contribution in [1.82, 2.24) is 19.5 Å². The number of hydrogen-bond acceptors (Lipinski definition) is 3. The van der Waals surface area contributed by atoms with Crippen molar-refractivity contribution in [3.05, 3.63) is 109 Å². The molecule has 0 fully saturated rings. The minimum atomic E-state index is -0.0269. The van der Waals surface area contributed by atoms with Crippen LogP contribution in [-0.4, -0.2) is 19.5 Å². The zero-order valence-electron chi connectivity index (χ0n) is 17.6. The zero-order valence-corrected chi connectivity index (χ0v) is 18.5. The highest BCUT2D eigenvalue weighted by molar-refractivity contribution is 7.80. The monoisotopic (exact) mass is 436 g/mol. The van der Waals surface area contributed by atoms with Gasteiger partial charge in [-0.25, -0.2) is 9.97 Å². The molecule has 0 amide bonds. The quantitative estimate of drug-likeness (QED) is 0.280. The van der Waals surface area contributed by atoms with Crippen molar-refractivity contribution in [1.29, 1.82) is 0 Å². The van der Waals surface area contributed by atoms with Crippen molar-refractivity contribution in [2.75, 3.05) is 0 Å². The molecule has 0 aliphatic rings. The summed E-state index contributed by atoms with van der Waals surface area (Å²) in [4.78, 5) is 13.1. The molecule has 1 unspecified atom stereocenters. The summed E-state index contributed by atoms with van der Waals surface area (Å²) in [6, 6.07) is 30.9. The Balaban J connectivity index is 1.41. The highest BCUT2D eigenvalue weighted by Crippen LogP contribution is 2.34. The third kappa shape index (κ3) is 4.25. The second kappa shape index (κ2) is 9.28. The van der Waals surface area contributed by atoms with Crippen molar-refractivity contribution in [3.63, 3.8) is 0 Å². The predicted molar refractivity (Wildman–Crippen MR) is 133 cm³/mol. The van der Waals surface area contributed by atoms with Crippen LogP contribution < -0.4 is 0 Å². The van der Waals surface area contributed by atoms with Crippen molar-refractivity contribution < 1.29 is 0 Å². The summed E-state index contributed by atoms with van der Waals surface area (Å²) in [6.07, 6.45) is 4.70.